The highest BCUT2D eigenvalue weighted by Crippen LogP contribution is 2.32. The predicted octanol–water partition coefficient (Wildman–Crippen LogP) is 2.01. The van der Waals surface area contributed by atoms with Crippen LogP contribution in [0.1, 0.15) is 9.67 Å². The van der Waals surface area contributed by atoms with Crippen LogP contribution in [-0.2, 0) is 10.0 Å². The molecule has 31 heavy (non-hydrogen) atoms. The Labute approximate surface area is 191 Å². The molecular weight excluding hydrogens is 480 g/mol. The first-order valence-electron chi connectivity index (χ1n) is 9.05. The lowest BCUT2D eigenvalue weighted by molar-refractivity contribution is 0.0710. The highest BCUT2D eigenvalue weighted by atomic mass is 32.2. The molecule has 3 aromatic rings. The van der Waals surface area contributed by atoms with E-state index >= 15 is 0 Å². The Morgan fingerprint density at radius 2 is 1.94 bits per heavy atom. The molecule has 4 heterocycles. The molecule has 0 bridgehead atoms. The molecule has 0 aromatic carbocycles. The van der Waals surface area contributed by atoms with Crippen molar-refractivity contribution >= 4 is 55.5 Å². The molecule has 3 aromatic heterocycles. The first-order valence-corrected chi connectivity index (χ1v) is 13.3. The van der Waals surface area contributed by atoms with E-state index in [0.717, 1.165) is 16.2 Å². The van der Waals surface area contributed by atoms with Gasteiger partial charge in [-0.3, -0.25) is 10.0 Å². The standard InChI is InChI=1S/C17H18N6O4S4/c1-28-16-18-5-4-11(20-16)12-2-3-14(29-12)31(26,27)23-8-6-22(7-9-23)17-19-10-13(30-17)15(24)21-25/h2-5,10,25H,6-9H2,1H3,(H,21,24). The second-order valence-electron chi connectivity index (χ2n) is 6.39. The van der Waals surface area contributed by atoms with E-state index in [2.05, 4.69) is 15.0 Å². The van der Waals surface area contributed by atoms with Gasteiger partial charge in [-0.15, -0.1) is 11.3 Å². The Kier molecular flexibility index (Phi) is 6.55. The maximum atomic E-state index is 13.1. The van der Waals surface area contributed by atoms with Crippen LogP contribution >= 0.6 is 34.4 Å². The number of aromatic nitrogens is 3. The smallest absolute Gasteiger partial charge is 0.286 e. The number of nitrogens with one attached hydrogen (secondary N) is 1. The zero-order valence-corrected chi connectivity index (χ0v) is 19.5. The maximum absolute atomic E-state index is 13.1. The molecule has 0 radical (unpaired) electrons. The third-order valence-electron chi connectivity index (χ3n) is 4.57. The van der Waals surface area contributed by atoms with Gasteiger partial charge in [-0.25, -0.2) is 28.8 Å². The van der Waals surface area contributed by atoms with E-state index in [1.54, 1.807) is 29.9 Å². The van der Waals surface area contributed by atoms with E-state index in [0.29, 0.717) is 42.2 Å². The van der Waals surface area contributed by atoms with Crippen molar-refractivity contribution in [3.8, 4) is 10.6 Å². The zero-order chi connectivity index (χ0) is 22.0. The number of thiazole rings is 1. The quantitative estimate of drug-likeness (QED) is 0.227. The van der Waals surface area contributed by atoms with E-state index in [1.807, 2.05) is 11.2 Å². The summed E-state index contributed by atoms with van der Waals surface area (Å²) in [5, 5.41) is 9.97. The van der Waals surface area contributed by atoms with Crippen molar-refractivity contribution in [2.75, 3.05) is 37.3 Å². The molecular formula is C17H18N6O4S4. The summed E-state index contributed by atoms with van der Waals surface area (Å²) in [7, 11) is -3.62. The molecule has 1 saturated heterocycles. The van der Waals surface area contributed by atoms with E-state index in [4.69, 9.17) is 5.21 Å². The van der Waals surface area contributed by atoms with Gasteiger partial charge in [0.05, 0.1) is 16.8 Å². The van der Waals surface area contributed by atoms with Crippen LogP contribution in [0.15, 0.2) is 40.0 Å². The molecule has 1 aliphatic rings. The average molecular weight is 499 g/mol. The maximum Gasteiger partial charge on any atom is 0.286 e. The van der Waals surface area contributed by atoms with Gasteiger partial charge in [0, 0.05) is 32.4 Å². The number of piperazine rings is 1. The average Bonchev–Trinajstić information content (AvgIpc) is 3.49. The summed E-state index contributed by atoms with van der Waals surface area (Å²) in [5.74, 6) is -0.619. The van der Waals surface area contributed by atoms with Crippen LogP contribution in [0.2, 0.25) is 0 Å². The molecule has 4 rings (SSSR count). The number of nitrogens with zero attached hydrogens (tertiary/aromatic N) is 5. The minimum Gasteiger partial charge on any atom is -0.345 e. The molecule has 0 saturated carbocycles. The van der Waals surface area contributed by atoms with Crippen molar-refractivity contribution in [3.63, 3.8) is 0 Å². The van der Waals surface area contributed by atoms with Gasteiger partial charge in [0.15, 0.2) is 10.3 Å². The number of thiophene rings is 1. The van der Waals surface area contributed by atoms with Crippen LogP contribution in [0.5, 0.6) is 0 Å². The van der Waals surface area contributed by atoms with Gasteiger partial charge >= 0.3 is 0 Å². The molecule has 2 N–H and O–H groups in total. The number of carbonyl (C=O) groups is 1. The minimum atomic E-state index is -3.62. The van der Waals surface area contributed by atoms with Crippen LogP contribution in [-0.4, -0.2) is 71.2 Å². The number of hydroxylamine groups is 1. The third-order valence-corrected chi connectivity index (χ3v) is 9.66. The predicted molar refractivity (Wildman–Crippen MR) is 119 cm³/mol. The zero-order valence-electron chi connectivity index (χ0n) is 16.3. The Morgan fingerprint density at radius 1 is 1.16 bits per heavy atom. The van der Waals surface area contributed by atoms with E-state index in [-0.39, 0.29) is 9.09 Å². The normalized spacial score (nSPS) is 15.2. The van der Waals surface area contributed by atoms with Crippen LogP contribution < -0.4 is 10.4 Å². The lowest BCUT2D eigenvalue weighted by Crippen LogP contribution is -2.48. The molecule has 14 heteroatoms. The van der Waals surface area contributed by atoms with Crippen molar-refractivity contribution in [2.45, 2.75) is 9.37 Å². The fourth-order valence-corrected chi connectivity index (χ4v) is 7.06. The lowest BCUT2D eigenvalue weighted by atomic mass is 10.3. The molecule has 0 unspecified atom stereocenters. The Hall–Kier alpha value is -2.10. The van der Waals surface area contributed by atoms with E-state index < -0.39 is 15.9 Å². The van der Waals surface area contributed by atoms with Crippen LogP contribution in [0.3, 0.4) is 0 Å². The minimum absolute atomic E-state index is 0.274. The number of carbonyl (C=O) groups excluding carboxylic acids is 1. The molecule has 0 aliphatic carbocycles. The molecule has 1 aliphatic heterocycles. The first kappa shape index (κ1) is 22.1. The summed E-state index contributed by atoms with van der Waals surface area (Å²) in [6.45, 7) is 1.52. The van der Waals surface area contributed by atoms with Gasteiger partial charge in [0.25, 0.3) is 15.9 Å². The second-order valence-corrected chi connectivity index (χ2v) is 11.4. The fraction of sp³-hybridized carbons (Fsp3) is 0.294. The SMILES string of the molecule is CSc1nccc(-c2ccc(S(=O)(=O)N3CCN(c4ncc(C(=O)NO)s4)CC3)s2)n1. The third kappa shape index (κ3) is 4.58. The van der Waals surface area contributed by atoms with Gasteiger partial charge in [-0.1, -0.05) is 23.1 Å². The Bertz CT molecular complexity index is 1190. The van der Waals surface area contributed by atoms with E-state index in [1.165, 1.54) is 33.6 Å². The number of amides is 1. The summed E-state index contributed by atoms with van der Waals surface area (Å²) in [4.78, 5) is 27.2. The first-order chi connectivity index (χ1) is 14.9. The summed E-state index contributed by atoms with van der Waals surface area (Å²) >= 11 is 3.76. The van der Waals surface area contributed by atoms with Crippen molar-refractivity contribution in [1.82, 2.24) is 24.7 Å². The van der Waals surface area contributed by atoms with Crippen LogP contribution in [0.25, 0.3) is 10.6 Å². The molecule has 1 fully saturated rings. The number of thioether (sulfide) groups is 1. The van der Waals surface area contributed by atoms with Crippen molar-refractivity contribution in [1.29, 1.82) is 0 Å². The lowest BCUT2D eigenvalue weighted by Gasteiger charge is -2.33. The van der Waals surface area contributed by atoms with Gasteiger partial charge in [0.1, 0.15) is 9.09 Å². The fourth-order valence-electron chi connectivity index (χ4n) is 2.99. The highest BCUT2D eigenvalue weighted by Gasteiger charge is 2.31. The van der Waals surface area contributed by atoms with Gasteiger partial charge in [-0.05, 0) is 24.5 Å². The summed E-state index contributed by atoms with van der Waals surface area (Å²) in [6, 6.07) is 5.15. The molecule has 10 nitrogen and oxygen atoms in total. The number of rotatable bonds is 6. The van der Waals surface area contributed by atoms with Crippen molar-refractivity contribution in [3.05, 3.63) is 35.5 Å². The molecule has 0 atom stereocenters. The highest BCUT2D eigenvalue weighted by molar-refractivity contribution is 7.98. The van der Waals surface area contributed by atoms with Crippen LogP contribution in [0, 0.1) is 0 Å². The van der Waals surface area contributed by atoms with Crippen molar-refractivity contribution < 1.29 is 18.4 Å². The van der Waals surface area contributed by atoms with E-state index in [9.17, 15) is 13.2 Å². The monoisotopic (exact) mass is 498 g/mol. The summed E-state index contributed by atoms with van der Waals surface area (Å²) in [5.41, 5.74) is 2.28. The van der Waals surface area contributed by atoms with Gasteiger partial charge < -0.3 is 4.90 Å². The summed E-state index contributed by atoms with van der Waals surface area (Å²) < 4.78 is 28.0. The molecule has 0 spiro atoms. The Morgan fingerprint density at radius 3 is 2.65 bits per heavy atom. The van der Waals surface area contributed by atoms with Crippen molar-refractivity contribution in [2.24, 2.45) is 0 Å². The Balaban J connectivity index is 1.45. The molecule has 1 amide bonds. The number of hydrogen-bond acceptors (Lipinski definition) is 11. The second kappa shape index (κ2) is 9.18. The topological polar surface area (TPSA) is 129 Å². The number of sulfonamides is 1. The largest absolute Gasteiger partial charge is 0.345 e. The number of hydrogen-bond donors (Lipinski definition) is 2. The number of anilines is 1. The molecule has 164 valence electrons. The van der Waals surface area contributed by atoms with Gasteiger partial charge in [0.2, 0.25) is 0 Å². The van der Waals surface area contributed by atoms with Gasteiger partial charge in [-0.2, -0.15) is 4.31 Å². The van der Waals surface area contributed by atoms with Crippen LogP contribution in [0.4, 0.5) is 5.13 Å². The summed E-state index contributed by atoms with van der Waals surface area (Å²) in [6.07, 6.45) is 4.93.